The number of carbonyl (C=O) groups is 2. The lowest BCUT2D eigenvalue weighted by molar-refractivity contribution is 0.0845. The summed E-state index contributed by atoms with van der Waals surface area (Å²) < 4.78 is 1.67. The fraction of sp³-hybridized carbons (Fsp3) is 0. The van der Waals surface area contributed by atoms with Crippen LogP contribution in [0.15, 0.2) is 83.7 Å². The summed E-state index contributed by atoms with van der Waals surface area (Å²) in [5.74, 6) is -0.759. The van der Waals surface area contributed by atoms with Gasteiger partial charge in [-0.05, 0) is 62.6 Å². The first-order chi connectivity index (χ1) is 17.5. The number of imide groups is 1. The first-order valence-electron chi connectivity index (χ1n) is 11.7. The molecule has 1 N–H and O–H groups in total. The molecule has 0 radical (unpaired) electrons. The van der Waals surface area contributed by atoms with Gasteiger partial charge in [-0.25, -0.2) is 0 Å². The van der Waals surface area contributed by atoms with E-state index in [0.717, 1.165) is 48.8 Å². The highest BCUT2D eigenvalue weighted by molar-refractivity contribution is 6.40. The third-order valence-corrected chi connectivity index (χ3v) is 7.65. The van der Waals surface area contributed by atoms with E-state index < -0.39 is 0 Å². The van der Waals surface area contributed by atoms with Crippen molar-refractivity contribution in [1.29, 1.82) is 0 Å². The number of fused-ring (bicyclic) bond motifs is 2. The predicted octanol–water partition coefficient (Wildman–Crippen LogP) is 5.05. The summed E-state index contributed by atoms with van der Waals surface area (Å²) >= 11 is 0. The summed E-state index contributed by atoms with van der Waals surface area (Å²) in [4.78, 5) is 39.0. The van der Waals surface area contributed by atoms with Crippen molar-refractivity contribution >= 4 is 72.3 Å². The molecule has 1 aromatic heterocycles. The summed E-state index contributed by atoms with van der Waals surface area (Å²) in [6.45, 7) is 4.31. The van der Waals surface area contributed by atoms with Crippen LogP contribution in [0, 0.1) is 0 Å². The van der Waals surface area contributed by atoms with Gasteiger partial charge in [0.25, 0.3) is 17.4 Å². The van der Waals surface area contributed by atoms with Gasteiger partial charge in [0.15, 0.2) is 0 Å². The number of benzene rings is 6. The first-order valence-corrected chi connectivity index (χ1v) is 11.7. The summed E-state index contributed by atoms with van der Waals surface area (Å²) in [5, 5.41) is 12.0. The highest BCUT2D eigenvalue weighted by atomic mass is 16.2. The van der Waals surface area contributed by atoms with Gasteiger partial charge in [-0.1, -0.05) is 55.1 Å². The van der Waals surface area contributed by atoms with Gasteiger partial charge in [-0.3, -0.25) is 24.3 Å². The minimum Gasteiger partial charge on any atom is -0.288 e. The van der Waals surface area contributed by atoms with Gasteiger partial charge in [0.1, 0.15) is 0 Å². The van der Waals surface area contributed by atoms with E-state index in [-0.39, 0.29) is 17.4 Å². The summed E-state index contributed by atoms with van der Waals surface area (Å²) in [6.07, 6.45) is 0. The highest BCUT2D eigenvalue weighted by Gasteiger charge is 2.28. The van der Waals surface area contributed by atoms with Crippen molar-refractivity contribution in [2.45, 2.75) is 0 Å². The molecule has 0 unspecified atom stereocenters. The number of nitrogens with one attached hydrogen (secondary N) is 1. The SMILES string of the molecule is C=c1c2ccc3c4ccc5c6c(ccc(c7ccc(c(=O)n1-c1ccccc1)c2c37)c64)C(=O)NC5=O. The zero-order chi connectivity index (χ0) is 24.3. The van der Waals surface area contributed by atoms with Gasteiger partial charge in [0.2, 0.25) is 0 Å². The van der Waals surface area contributed by atoms with Crippen molar-refractivity contribution in [2.75, 3.05) is 0 Å². The maximum absolute atomic E-state index is 13.8. The van der Waals surface area contributed by atoms with E-state index in [0.29, 0.717) is 27.2 Å². The highest BCUT2D eigenvalue weighted by Crippen LogP contribution is 2.44. The number of nitrogens with zero attached hydrogens (tertiary/aromatic N) is 1. The lowest BCUT2D eigenvalue weighted by Crippen LogP contribution is -2.34. The van der Waals surface area contributed by atoms with Crippen LogP contribution in [0.3, 0.4) is 0 Å². The molecular weight excluding hydrogens is 448 g/mol. The topological polar surface area (TPSA) is 68.2 Å². The van der Waals surface area contributed by atoms with E-state index in [2.05, 4.69) is 18.0 Å². The minimum absolute atomic E-state index is 0.110. The number of hydrogen-bond donors (Lipinski definition) is 1. The molecule has 36 heavy (non-hydrogen) atoms. The number of amides is 2. The quantitative estimate of drug-likeness (QED) is 0.210. The molecule has 1 aliphatic heterocycles. The van der Waals surface area contributed by atoms with E-state index in [1.807, 2.05) is 60.7 Å². The van der Waals surface area contributed by atoms with E-state index in [1.165, 1.54) is 0 Å². The first kappa shape index (κ1) is 19.3. The number of pyridine rings is 1. The van der Waals surface area contributed by atoms with Crippen LogP contribution in [-0.2, 0) is 0 Å². The van der Waals surface area contributed by atoms with Gasteiger partial charge >= 0.3 is 0 Å². The van der Waals surface area contributed by atoms with Crippen LogP contribution in [0.25, 0.3) is 66.1 Å². The Morgan fingerprint density at radius 1 is 0.528 bits per heavy atom. The van der Waals surface area contributed by atoms with Gasteiger partial charge in [0.05, 0.1) is 0 Å². The van der Waals surface area contributed by atoms with Crippen LogP contribution < -0.4 is 16.2 Å². The Labute approximate surface area is 203 Å². The standard InChI is InChI=1S/C31H16N2O3/c1-15-17-7-8-18-19-9-12-22-28-23(30(35)32-29(22)34)13-10-20(27(19)28)21-11-14-24(25(17)26(18)21)31(36)33(15)16-5-3-2-4-6-16/h2-14H,1H2,(H,32,34,35). The molecule has 0 saturated carbocycles. The Morgan fingerprint density at radius 2 is 1.00 bits per heavy atom. The maximum Gasteiger partial charge on any atom is 0.263 e. The summed E-state index contributed by atoms with van der Waals surface area (Å²) in [6, 6.07) is 25.0. The zero-order valence-electron chi connectivity index (χ0n) is 18.9. The molecule has 0 atom stereocenters. The third-order valence-electron chi connectivity index (χ3n) is 7.65. The molecule has 2 amide bonds. The van der Waals surface area contributed by atoms with Crippen LogP contribution in [0.1, 0.15) is 20.7 Å². The molecule has 2 heterocycles. The monoisotopic (exact) mass is 464 g/mol. The molecule has 0 saturated heterocycles. The van der Waals surface area contributed by atoms with Crippen molar-refractivity contribution in [1.82, 2.24) is 9.88 Å². The Balaban J connectivity index is 1.63. The number of para-hydroxylation sites is 1. The molecule has 0 aliphatic carbocycles. The normalized spacial score (nSPS) is 13.6. The Morgan fingerprint density at radius 3 is 1.61 bits per heavy atom. The Bertz CT molecular complexity index is 2110. The van der Waals surface area contributed by atoms with Crippen LogP contribution in [0.2, 0.25) is 0 Å². The van der Waals surface area contributed by atoms with Crippen LogP contribution in [-0.4, -0.2) is 16.4 Å². The third kappa shape index (κ3) is 2.14. The van der Waals surface area contributed by atoms with Crippen LogP contribution >= 0.6 is 0 Å². The average Bonchev–Trinajstić information content (AvgIpc) is 2.90. The van der Waals surface area contributed by atoms with Gasteiger partial charge < -0.3 is 0 Å². The molecule has 6 aromatic carbocycles. The lowest BCUT2D eigenvalue weighted by Gasteiger charge is -2.22. The molecule has 5 nitrogen and oxygen atoms in total. The molecule has 5 heteroatoms. The van der Waals surface area contributed by atoms with Gasteiger partial charge in [0, 0.05) is 43.7 Å². The smallest absolute Gasteiger partial charge is 0.263 e. The van der Waals surface area contributed by atoms with E-state index in [9.17, 15) is 14.4 Å². The molecule has 0 fully saturated rings. The largest absolute Gasteiger partial charge is 0.288 e. The second-order valence-electron chi connectivity index (χ2n) is 9.35. The maximum atomic E-state index is 13.8. The van der Waals surface area contributed by atoms with Crippen molar-refractivity contribution in [2.24, 2.45) is 0 Å². The Hall–Kier alpha value is -5.03. The summed E-state index contributed by atoms with van der Waals surface area (Å²) in [7, 11) is 0. The zero-order valence-corrected chi connectivity index (χ0v) is 18.9. The second kappa shape index (κ2) is 6.34. The number of hydrogen-bond acceptors (Lipinski definition) is 3. The molecule has 7 aromatic rings. The minimum atomic E-state index is -0.379. The van der Waals surface area contributed by atoms with E-state index in [4.69, 9.17) is 0 Å². The molecular formula is C31H16N2O3. The van der Waals surface area contributed by atoms with Crippen molar-refractivity contribution in [3.63, 3.8) is 0 Å². The number of carbonyl (C=O) groups excluding carboxylic acids is 2. The van der Waals surface area contributed by atoms with E-state index in [1.54, 1.807) is 16.7 Å². The second-order valence-corrected chi connectivity index (χ2v) is 9.35. The number of aromatic nitrogens is 1. The fourth-order valence-electron chi connectivity index (χ4n) is 6.14. The average molecular weight is 464 g/mol. The van der Waals surface area contributed by atoms with Crippen molar-refractivity contribution in [3.05, 3.63) is 106 Å². The lowest BCUT2D eigenvalue weighted by atomic mass is 9.84. The molecule has 0 spiro atoms. The fourth-order valence-corrected chi connectivity index (χ4v) is 6.14. The molecule has 168 valence electrons. The van der Waals surface area contributed by atoms with Crippen molar-refractivity contribution < 1.29 is 9.59 Å². The Kier molecular flexibility index (Phi) is 3.40. The predicted molar refractivity (Wildman–Crippen MR) is 143 cm³/mol. The van der Waals surface area contributed by atoms with E-state index >= 15 is 0 Å². The van der Waals surface area contributed by atoms with Crippen LogP contribution in [0.5, 0.6) is 0 Å². The molecule has 0 bridgehead atoms. The molecule has 8 rings (SSSR count). The molecule has 1 aliphatic rings. The van der Waals surface area contributed by atoms with Gasteiger partial charge in [-0.2, -0.15) is 0 Å². The number of rotatable bonds is 1. The summed E-state index contributed by atoms with van der Waals surface area (Å²) in [5.41, 5.74) is 1.67. The van der Waals surface area contributed by atoms with Gasteiger partial charge in [-0.15, -0.1) is 0 Å². The van der Waals surface area contributed by atoms with Crippen LogP contribution in [0.4, 0.5) is 0 Å². The van der Waals surface area contributed by atoms with Crippen molar-refractivity contribution in [3.8, 4) is 5.69 Å².